The summed E-state index contributed by atoms with van der Waals surface area (Å²) in [5, 5.41) is -6.81. The molecule has 1 atom stereocenters. The van der Waals surface area contributed by atoms with Crippen molar-refractivity contribution in [3.8, 4) is 16.9 Å². The second-order valence-electron chi connectivity index (χ2n) is 13.1. The Morgan fingerprint density at radius 3 is 1.77 bits per heavy atom. The molecule has 1 aliphatic carbocycles. The molecule has 0 heterocycles. The molecule has 1 aliphatic rings. The average Bonchev–Trinajstić information content (AvgIpc) is 3.22. The van der Waals surface area contributed by atoms with Gasteiger partial charge in [-0.25, -0.2) is 13.2 Å². The van der Waals surface area contributed by atoms with Gasteiger partial charge in [-0.1, -0.05) is 68.7 Å². The van der Waals surface area contributed by atoms with E-state index >= 15 is 0 Å². The van der Waals surface area contributed by atoms with Gasteiger partial charge in [0, 0.05) is 11.0 Å². The molecule has 3 aromatic rings. The van der Waals surface area contributed by atoms with Crippen molar-refractivity contribution in [1.29, 1.82) is 0 Å². The van der Waals surface area contributed by atoms with Gasteiger partial charge >= 0.3 is 59.1 Å². The van der Waals surface area contributed by atoms with Gasteiger partial charge in [0.2, 0.25) is 0 Å². The Kier molecular flexibility index (Phi) is 12.4. The normalized spacial score (nSPS) is 16.1. The quantitative estimate of drug-likeness (QED) is 0.0749. The van der Waals surface area contributed by atoms with Crippen LogP contribution in [-0.2, 0) is 31.6 Å². The van der Waals surface area contributed by atoms with Crippen molar-refractivity contribution in [3.63, 3.8) is 0 Å². The Balaban J connectivity index is 0.00000729. The number of hydrogen-bond acceptors (Lipinski definition) is 5. The molecule has 0 aromatic heterocycles. The van der Waals surface area contributed by atoms with Gasteiger partial charge in [-0.05, 0) is 78.8 Å². The molecule has 1 unspecified atom stereocenters. The monoisotopic (exact) mass is 784 g/mol. The maximum atomic E-state index is 14.6. The van der Waals surface area contributed by atoms with Crippen LogP contribution in [0.15, 0.2) is 60.7 Å². The van der Waals surface area contributed by atoms with Crippen LogP contribution in [0.1, 0.15) is 74.3 Å². The van der Waals surface area contributed by atoms with Crippen LogP contribution in [0.4, 0.5) is 48.3 Å². The van der Waals surface area contributed by atoms with E-state index in [0.717, 1.165) is 34.7 Å². The van der Waals surface area contributed by atoms with Crippen LogP contribution >= 0.6 is 0 Å². The molecule has 5 nitrogen and oxygen atoms in total. The smallest absolute Gasteiger partial charge is 0.743 e. The molecule has 0 aliphatic heterocycles. The number of unbranched alkanes of at least 4 members (excludes halogenated alkanes) is 2. The number of rotatable bonds is 14. The molecule has 4 rings (SSSR count). The third kappa shape index (κ3) is 7.99. The van der Waals surface area contributed by atoms with E-state index in [4.69, 9.17) is 4.74 Å². The standard InChI is InChI=1S/C34H33F11O5S.Na/c1-20-8-14-24-25-15-11-22(19-27(25)28(2,3)26(24)18-20)29(4,31(37,38)39)16-6-5-7-17-49-23-12-9-21(10-13-23)30(35,36)32(40,41)50-33(42,43)34(44,45)51(46,47)48;/h8-15,18-19H,5-7,16-17H2,1-4H3,(H,46,47,48);/q;+1/p-1. The average molecular weight is 785 g/mol. The number of alkyl halides is 11. The van der Waals surface area contributed by atoms with Gasteiger partial charge in [0.05, 0.1) is 12.0 Å². The van der Waals surface area contributed by atoms with E-state index in [1.807, 2.05) is 39.0 Å². The van der Waals surface area contributed by atoms with Crippen molar-refractivity contribution < 1.29 is 100 Å². The molecule has 0 N–H and O–H groups in total. The summed E-state index contributed by atoms with van der Waals surface area (Å²) in [6.45, 7) is 6.87. The van der Waals surface area contributed by atoms with Crippen LogP contribution < -0.4 is 34.3 Å². The van der Waals surface area contributed by atoms with Crippen molar-refractivity contribution >= 4 is 10.1 Å². The van der Waals surface area contributed by atoms with Gasteiger partial charge in [-0.2, -0.15) is 48.3 Å². The van der Waals surface area contributed by atoms with Gasteiger partial charge in [0.25, 0.3) is 0 Å². The molecule has 52 heavy (non-hydrogen) atoms. The van der Waals surface area contributed by atoms with Crippen LogP contribution in [0.3, 0.4) is 0 Å². The summed E-state index contributed by atoms with van der Waals surface area (Å²) >= 11 is 0. The molecular weight excluding hydrogens is 752 g/mol. The SMILES string of the molecule is Cc1ccc2c(c1)C(C)(C)c1cc(C(C)(CCCCCOc3ccc(C(F)(F)C(F)(F)OC(F)(F)C(F)(F)S(=O)(=O)[O-])cc3)C(F)(F)F)ccc1-2.[Na+]. The minimum absolute atomic E-state index is 0. The van der Waals surface area contributed by atoms with Crippen molar-refractivity contribution in [3.05, 3.63) is 88.5 Å². The Hall–Kier alpha value is -2.44. The molecule has 0 amide bonds. The van der Waals surface area contributed by atoms with E-state index in [1.54, 1.807) is 12.1 Å². The van der Waals surface area contributed by atoms with Crippen molar-refractivity contribution in [2.45, 2.75) is 93.8 Å². The number of hydrogen-bond donors (Lipinski definition) is 0. The van der Waals surface area contributed by atoms with E-state index in [1.165, 1.54) is 6.07 Å². The minimum atomic E-state index is -7.31. The van der Waals surface area contributed by atoms with Crippen LogP contribution in [-0.4, -0.2) is 43.2 Å². The Bertz CT molecular complexity index is 1860. The minimum Gasteiger partial charge on any atom is -0.743 e. The fourth-order valence-corrected chi connectivity index (χ4v) is 6.28. The zero-order chi connectivity index (χ0) is 38.6. The Morgan fingerprint density at radius 2 is 1.23 bits per heavy atom. The molecule has 0 fully saturated rings. The summed E-state index contributed by atoms with van der Waals surface area (Å²) in [5.41, 5.74) is 0.369. The molecule has 282 valence electrons. The second kappa shape index (κ2) is 14.7. The van der Waals surface area contributed by atoms with Gasteiger partial charge in [0.1, 0.15) is 5.75 Å². The third-order valence-corrected chi connectivity index (χ3v) is 10.0. The van der Waals surface area contributed by atoms with E-state index < -0.39 is 56.1 Å². The molecule has 0 saturated carbocycles. The number of ether oxygens (including phenoxy) is 2. The predicted molar refractivity (Wildman–Crippen MR) is 162 cm³/mol. The van der Waals surface area contributed by atoms with Gasteiger partial charge in [0.15, 0.2) is 10.1 Å². The summed E-state index contributed by atoms with van der Waals surface area (Å²) in [6, 6.07) is 12.7. The summed E-state index contributed by atoms with van der Waals surface area (Å²) < 4.78 is 192. The number of fused-ring (bicyclic) bond motifs is 3. The molecule has 0 saturated heterocycles. The Morgan fingerprint density at radius 1 is 0.712 bits per heavy atom. The van der Waals surface area contributed by atoms with Crippen LogP contribution in [0.2, 0.25) is 0 Å². The summed E-state index contributed by atoms with van der Waals surface area (Å²) in [4.78, 5) is 0. The van der Waals surface area contributed by atoms with Gasteiger partial charge in [-0.3, -0.25) is 0 Å². The van der Waals surface area contributed by atoms with Crippen LogP contribution in [0.25, 0.3) is 11.1 Å². The first kappa shape index (κ1) is 44.0. The van der Waals surface area contributed by atoms with Crippen LogP contribution in [0, 0.1) is 6.92 Å². The van der Waals surface area contributed by atoms with E-state index in [0.29, 0.717) is 12.1 Å². The first-order valence-electron chi connectivity index (χ1n) is 15.3. The summed E-state index contributed by atoms with van der Waals surface area (Å²) in [7, 11) is -7.31. The van der Waals surface area contributed by atoms with Crippen molar-refractivity contribution in [2.24, 2.45) is 0 Å². The Labute approximate surface area is 314 Å². The fourth-order valence-electron chi connectivity index (χ4n) is 5.95. The van der Waals surface area contributed by atoms with Crippen LogP contribution in [0.5, 0.6) is 5.75 Å². The largest absolute Gasteiger partial charge is 1.00 e. The van der Waals surface area contributed by atoms with E-state index in [2.05, 4.69) is 4.74 Å². The van der Waals surface area contributed by atoms with Crippen molar-refractivity contribution in [2.75, 3.05) is 6.61 Å². The first-order valence-corrected chi connectivity index (χ1v) is 16.7. The predicted octanol–water partition coefficient (Wildman–Crippen LogP) is 7.20. The number of benzene rings is 3. The molecule has 18 heteroatoms. The van der Waals surface area contributed by atoms with E-state index in [9.17, 15) is 61.3 Å². The topological polar surface area (TPSA) is 75.7 Å². The molecule has 0 spiro atoms. The molecular formula is C34H32F11NaO5S. The van der Waals surface area contributed by atoms with Gasteiger partial charge in [-0.15, -0.1) is 0 Å². The fraction of sp³-hybridized carbons (Fsp3) is 0.471. The molecule has 0 radical (unpaired) electrons. The van der Waals surface area contributed by atoms with Crippen molar-refractivity contribution in [1.82, 2.24) is 0 Å². The summed E-state index contributed by atoms with van der Waals surface area (Å²) in [6.07, 6.45) is -17.6. The maximum Gasteiger partial charge on any atom is 1.00 e. The molecule has 0 bridgehead atoms. The first-order chi connectivity index (χ1) is 23.1. The van der Waals surface area contributed by atoms with E-state index in [-0.39, 0.29) is 85.3 Å². The second-order valence-corrected chi connectivity index (χ2v) is 14.5. The van der Waals surface area contributed by atoms with Gasteiger partial charge < -0.3 is 9.29 Å². The zero-order valence-electron chi connectivity index (χ0n) is 28.4. The number of aryl methyl sites for hydroxylation is 1. The number of halogens is 11. The third-order valence-electron chi connectivity index (χ3n) is 9.18. The zero-order valence-corrected chi connectivity index (χ0v) is 31.2. The molecule has 3 aromatic carbocycles. The summed E-state index contributed by atoms with van der Waals surface area (Å²) in [5.74, 6) is -5.94. The maximum absolute atomic E-state index is 14.6.